The van der Waals surface area contributed by atoms with Crippen molar-refractivity contribution in [3.8, 4) is 0 Å². The molecule has 0 radical (unpaired) electrons. The molecule has 0 N–H and O–H groups in total. The van der Waals surface area contributed by atoms with Gasteiger partial charge in [-0.15, -0.1) is 0 Å². The van der Waals surface area contributed by atoms with E-state index in [4.69, 9.17) is 0 Å². The minimum Gasteiger partial charge on any atom is -0.296 e. The molecule has 0 rings (SSSR count). The van der Waals surface area contributed by atoms with Crippen LogP contribution >= 0.6 is 0 Å². The van der Waals surface area contributed by atoms with Crippen LogP contribution in [-0.4, -0.2) is 13.3 Å². The lowest BCUT2D eigenvalue weighted by atomic mass is 10.2. The summed E-state index contributed by atoms with van der Waals surface area (Å²) in [7, 11) is 1.76. The zero-order valence-electron chi connectivity index (χ0n) is 8.31. The van der Waals surface area contributed by atoms with Gasteiger partial charge in [0.15, 0.2) is 0 Å². The second-order valence-electron chi connectivity index (χ2n) is 2.12. The van der Waals surface area contributed by atoms with E-state index < -0.39 is 0 Å². The lowest BCUT2D eigenvalue weighted by Crippen LogP contribution is -1.76. The third-order valence-electron chi connectivity index (χ3n) is 0.807. The van der Waals surface area contributed by atoms with Crippen LogP contribution in [0.4, 0.5) is 0 Å². The number of hydrogen-bond acceptors (Lipinski definition) is 1. The zero-order chi connectivity index (χ0) is 9.28. The molecule has 0 heterocycles. The van der Waals surface area contributed by atoms with Crippen molar-refractivity contribution >= 4 is 6.21 Å². The third-order valence-corrected chi connectivity index (χ3v) is 0.807. The van der Waals surface area contributed by atoms with Crippen molar-refractivity contribution in [1.29, 1.82) is 0 Å². The van der Waals surface area contributed by atoms with Crippen LogP contribution in [0.15, 0.2) is 28.8 Å². The van der Waals surface area contributed by atoms with Crippen molar-refractivity contribution in [3.63, 3.8) is 0 Å². The fraction of sp³-hybridized carbons (Fsp3) is 0.500. The van der Waals surface area contributed by atoms with Crippen molar-refractivity contribution in [2.75, 3.05) is 7.05 Å². The van der Waals surface area contributed by atoms with Gasteiger partial charge in [-0.3, -0.25) is 4.99 Å². The van der Waals surface area contributed by atoms with Crippen LogP contribution < -0.4 is 0 Å². The minimum absolute atomic E-state index is 1.06. The Labute approximate surface area is 70.5 Å². The van der Waals surface area contributed by atoms with Gasteiger partial charge in [0, 0.05) is 13.3 Å². The van der Waals surface area contributed by atoms with Gasteiger partial charge in [0.1, 0.15) is 0 Å². The SMILES string of the molecule is C=C(C)/C=C(/C)C=NC.CC. The molecule has 0 aromatic rings. The molecule has 64 valence electrons. The molecule has 0 fully saturated rings. The average molecular weight is 153 g/mol. The van der Waals surface area contributed by atoms with Crippen LogP contribution in [0.2, 0.25) is 0 Å². The molecule has 0 saturated heterocycles. The molecule has 0 aliphatic heterocycles. The van der Waals surface area contributed by atoms with Crippen LogP contribution in [0.5, 0.6) is 0 Å². The predicted octanol–water partition coefficient (Wildman–Crippen LogP) is 3.24. The van der Waals surface area contributed by atoms with Crippen molar-refractivity contribution in [2.24, 2.45) is 4.99 Å². The smallest absolute Gasteiger partial charge is 0.0277 e. The highest BCUT2D eigenvalue weighted by molar-refractivity contribution is 5.78. The summed E-state index contributed by atoms with van der Waals surface area (Å²) in [6.07, 6.45) is 3.81. The molecule has 0 saturated carbocycles. The summed E-state index contributed by atoms with van der Waals surface area (Å²) in [6, 6.07) is 0. The van der Waals surface area contributed by atoms with Crippen LogP contribution in [0.3, 0.4) is 0 Å². The Morgan fingerprint density at radius 3 is 2.00 bits per heavy atom. The van der Waals surface area contributed by atoms with E-state index in [0.717, 1.165) is 11.1 Å². The first-order valence-corrected chi connectivity index (χ1v) is 3.92. The topological polar surface area (TPSA) is 12.4 Å². The van der Waals surface area contributed by atoms with E-state index in [1.165, 1.54) is 0 Å². The van der Waals surface area contributed by atoms with Gasteiger partial charge >= 0.3 is 0 Å². The maximum atomic E-state index is 3.85. The van der Waals surface area contributed by atoms with Crippen molar-refractivity contribution in [2.45, 2.75) is 27.7 Å². The lowest BCUT2D eigenvalue weighted by molar-refractivity contribution is 1.43. The van der Waals surface area contributed by atoms with E-state index in [-0.39, 0.29) is 0 Å². The Bertz CT molecular complexity index is 152. The van der Waals surface area contributed by atoms with Crippen LogP contribution in [0.1, 0.15) is 27.7 Å². The molecule has 0 bridgehead atoms. The summed E-state index contributed by atoms with van der Waals surface area (Å²) in [6.45, 7) is 11.7. The Balaban J connectivity index is 0. The number of allylic oxidation sites excluding steroid dienone is 3. The summed E-state index contributed by atoms with van der Waals surface area (Å²) >= 11 is 0. The molecule has 0 amide bonds. The van der Waals surface area contributed by atoms with E-state index >= 15 is 0 Å². The van der Waals surface area contributed by atoms with Crippen molar-refractivity contribution in [3.05, 3.63) is 23.8 Å². The molecular formula is C10H19N. The summed E-state index contributed by atoms with van der Waals surface area (Å²) in [5.41, 5.74) is 2.21. The quantitative estimate of drug-likeness (QED) is 0.426. The van der Waals surface area contributed by atoms with E-state index in [0.29, 0.717) is 0 Å². The van der Waals surface area contributed by atoms with Crippen LogP contribution in [0, 0.1) is 0 Å². The molecule has 0 aliphatic carbocycles. The Morgan fingerprint density at radius 1 is 1.27 bits per heavy atom. The van der Waals surface area contributed by atoms with E-state index in [1.807, 2.05) is 40.0 Å². The summed E-state index contributed by atoms with van der Waals surface area (Å²) in [4.78, 5) is 3.85. The van der Waals surface area contributed by atoms with E-state index in [1.54, 1.807) is 7.05 Å². The van der Waals surface area contributed by atoms with Gasteiger partial charge in [0.05, 0.1) is 0 Å². The van der Waals surface area contributed by atoms with Gasteiger partial charge in [-0.05, 0) is 19.4 Å². The highest BCUT2D eigenvalue weighted by Crippen LogP contribution is 1.94. The highest BCUT2D eigenvalue weighted by atomic mass is 14.6. The first-order chi connectivity index (χ1) is 5.16. The van der Waals surface area contributed by atoms with Gasteiger partial charge < -0.3 is 0 Å². The first-order valence-electron chi connectivity index (χ1n) is 3.92. The normalized spacial score (nSPS) is 10.8. The molecule has 1 nitrogen and oxygen atoms in total. The fourth-order valence-electron chi connectivity index (χ4n) is 0.630. The van der Waals surface area contributed by atoms with Crippen molar-refractivity contribution < 1.29 is 0 Å². The number of rotatable bonds is 2. The largest absolute Gasteiger partial charge is 0.296 e. The Morgan fingerprint density at radius 2 is 1.73 bits per heavy atom. The molecule has 0 spiro atoms. The van der Waals surface area contributed by atoms with Crippen LogP contribution in [0.25, 0.3) is 0 Å². The standard InChI is InChI=1S/C8H13N.C2H6/c1-7(2)5-8(3)6-9-4;1-2/h5-6H,1H2,2-4H3;1-2H3/b8-5-,9-6?;. The third kappa shape index (κ3) is 12.4. The van der Waals surface area contributed by atoms with Gasteiger partial charge in [0.2, 0.25) is 0 Å². The van der Waals surface area contributed by atoms with Gasteiger partial charge in [-0.1, -0.05) is 32.1 Å². The first kappa shape index (κ1) is 12.8. The predicted molar refractivity (Wildman–Crippen MR) is 54.3 cm³/mol. The second kappa shape index (κ2) is 9.15. The molecule has 0 unspecified atom stereocenters. The maximum Gasteiger partial charge on any atom is 0.0277 e. The van der Waals surface area contributed by atoms with Gasteiger partial charge in [0.25, 0.3) is 0 Å². The molecule has 0 aromatic carbocycles. The molecule has 1 heteroatoms. The van der Waals surface area contributed by atoms with Gasteiger partial charge in [-0.2, -0.15) is 0 Å². The molecule has 0 atom stereocenters. The summed E-state index contributed by atoms with van der Waals surface area (Å²) in [5.74, 6) is 0. The summed E-state index contributed by atoms with van der Waals surface area (Å²) in [5, 5.41) is 0. The van der Waals surface area contributed by atoms with Crippen molar-refractivity contribution in [1.82, 2.24) is 0 Å². The summed E-state index contributed by atoms with van der Waals surface area (Å²) < 4.78 is 0. The van der Waals surface area contributed by atoms with E-state index in [9.17, 15) is 0 Å². The zero-order valence-corrected chi connectivity index (χ0v) is 8.31. The second-order valence-corrected chi connectivity index (χ2v) is 2.12. The fourth-order valence-corrected chi connectivity index (χ4v) is 0.630. The molecule has 11 heavy (non-hydrogen) atoms. The molecule has 0 aromatic heterocycles. The average Bonchev–Trinajstić information content (AvgIpc) is 1.91. The molecular weight excluding hydrogens is 134 g/mol. The number of nitrogens with zero attached hydrogens (tertiary/aromatic N) is 1. The highest BCUT2D eigenvalue weighted by Gasteiger charge is 1.79. The van der Waals surface area contributed by atoms with E-state index in [2.05, 4.69) is 11.6 Å². The maximum absolute atomic E-state index is 3.85. The minimum atomic E-state index is 1.06. The van der Waals surface area contributed by atoms with Gasteiger partial charge in [-0.25, -0.2) is 0 Å². The number of hydrogen-bond donors (Lipinski definition) is 0. The number of aliphatic imine (C=N–C) groups is 1. The Kier molecular flexibility index (Phi) is 10.6. The monoisotopic (exact) mass is 153 g/mol. The molecule has 0 aliphatic rings. The van der Waals surface area contributed by atoms with Crippen LogP contribution in [-0.2, 0) is 0 Å². The lowest BCUT2D eigenvalue weighted by Gasteiger charge is -1.88. The Hall–Kier alpha value is -0.850.